The molecule has 0 amide bonds. The molecule has 7 heteroatoms. The van der Waals surface area contributed by atoms with Crippen molar-refractivity contribution in [3.63, 3.8) is 0 Å². The van der Waals surface area contributed by atoms with Crippen molar-refractivity contribution in [2.75, 3.05) is 0 Å². The van der Waals surface area contributed by atoms with Crippen molar-refractivity contribution in [1.82, 2.24) is 0 Å². The van der Waals surface area contributed by atoms with Crippen molar-refractivity contribution in [2.45, 2.75) is 0 Å². The van der Waals surface area contributed by atoms with Gasteiger partial charge < -0.3 is 25.3 Å². The molecule has 0 unspecified atom stereocenters. The summed E-state index contributed by atoms with van der Waals surface area (Å²) in [4.78, 5) is 16.5. The second kappa shape index (κ2) is 102. The van der Waals surface area contributed by atoms with Gasteiger partial charge in [-0.3, -0.25) is 0 Å². The Hall–Kier alpha value is -0.0610. The molecule has 0 saturated heterocycles. The van der Waals surface area contributed by atoms with Gasteiger partial charge in [0.2, 0.25) is 0 Å². The third kappa shape index (κ3) is 75200. The Balaban J connectivity index is -0.00000000889. The van der Waals surface area contributed by atoms with Crippen LogP contribution in [0.5, 0.6) is 0 Å². The molecular weight excluding hydrogens is 231 g/mol. The van der Waals surface area contributed by atoms with Crippen LogP contribution in [0.2, 0.25) is 0 Å². The third-order valence-corrected chi connectivity index (χ3v) is 0. The minimum absolute atomic E-state index is 0. The van der Waals surface area contributed by atoms with E-state index in [2.05, 4.69) is 0 Å². The Labute approximate surface area is 72.7 Å². The van der Waals surface area contributed by atoms with E-state index >= 15 is 0 Å². The van der Waals surface area contributed by atoms with E-state index in [1.807, 2.05) is 0 Å². The molecule has 62 valence electrons. The van der Waals surface area contributed by atoms with E-state index in [1.54, 1.807) is 0 Å². The van der Waals surface area contributed by atoms with Crippen LogP contribution in [0.3, 0.4) is 0 Å². The molecule has 0 aromatic heterocycles. The summed E-state index contributed by atoms with van der Waals surface area (Å²) < 4.78 is 0. The number of hydrogen-bond acceptors (Lipinski definition) is 2. The zero-order valence-electron chi connectivity index (χ0n) is 3.72. The molecule has 0 fully saturated rings. The van der Waals surface area contributed by atoms with E-state index in [4.69, 9.17) is 19.8 Å². The number of rotatable bonds is 0. The fourth-order valence-corrected chi connectivity index (χ4v) is 0. The Morgan fingerprint density at radius 1 is 0.889 bits per heavy atom. The molecule has 2 radical (unpaired) electrons. The van der Waals surface area contributed by atoms with Gasteiger partial charge >= 0.3 is 34.1 Å². The number of aliphatic hydroxyl groups excluding tert-OH is 2. The standard InChI is InChI=1S/2CHO2.2Cu.O/c2*2-1-3;;;/h2*(H,2,3);;;/q2*-1;2*+2;-2. The van der Waals surface area contributed by atoms with Crippen LogP contribution in [0.4, 0.5) is 0 Å². The average Bonchev–Trinajstić information content (AvgIpc) is 1.39. The normalized spacial score (nSPS) is 2.67. The van der Waals surface area contributed by atoms with Crippen LogP contribution in [0.1, 0.15) is 0 Å². The molecule has 0 rings (SSSR count). The smallest absolute Gasteiger partial charge is 2.00 e. The van der Waals surface area contributed by atoms with E-state index in [-0.39, 0.29) is 39.6 Å². The summed E-state index contributed by atoms with van der Waals surface area (Å²) in [6.07, 6.45) is 0. The van der Waals surface area contributed by atoms with E-state index in [9.17, 15) is 0 Å². The molecule has 0 heterocycles. The van der Waals surface area contributed by atoms with Gasteiger partial charge in [-0.15, -0.1) is 0 Å². The van der Waals surface area contributed by atoms with Gasteiger partial charge in [0.05, 0.1) is 0 Å². The SMILES string of the molecule is O=[C-]O.O=[C-]O.[Cu+2].[Cu+2].[O-2]. The molecule has 0 bridgehead atoms. The first-order valence-electron chi connectivity index (χ1n) is 0.855. The van der Waals surface area contributed by atoms with E-state index in [0.29, 0.717) is 12.9 Å². The first-order chi connectivity index (χ1) is 2.83. The van der Waals surface area contributed by atoms with Crippen molar-refractivity contribution in [1.29, 1.82) is 0 Å². The van der Waals surface area contributed by atoms with Crippen LogP contribution in [-0.2, 0) is 49.2 Å². The predicted octanol–water partition coefficient (Wildman–Crippen LogP) is -0.901. The second-order valence-corrected chi connectivity index (χ2v) is 0.183. The van der Waals surface area contributed by atoms with Gasteiger partial charge in [0.25, 0.3) is 0 Å². The molecule has 5 nitrogen and oxygen atoms in total. The largest absolute Gasteiger partial charge is 2.00 e. The zero-order valence-corrected chi connectivity index (χ0v) is 5.61. The fraction of sp³-hybridized carbons (Fsp3) is 0. The van der Waals surface area contributed by atoms with Gasteiger partial charge in [0, 0.05) is 0 Å². The molecule has 0 aromatic rings. The summed E-state index contributed by atoms with van der Waals surface area (Å²) in [5.74, 6) is 0. The van der Waals surface area contributed by atoms with Crippen molar-refractivity contribution in [3.8, 4) is 0 Å². The Morgan fingerprint density at radius 3 is 0.889 bits per heavy atom. The summed E-state index contributed by atoms with van der Waals surface area (Å²) in [6, 6.07) is 0. The van der Waals surface area contributed by atoms with Crippen LogP contribution in [0.15, 0.2) is 0 Å². The van der Waals surface area contributed by atoms with Crippen molar-refractivity contribution in [2.24, 2.45) is 0 Å². The first kappa shape index (κ1) is 36.3. The van der Waals surface area contributed by atoms with Gasteiger partial charge in [-0.1, -0.05) is 12.9 Å². The van der Waals surface area contributed by atoms with Gasteiger partial charge in [0.1, 0.15) is 0 Å². The molecule has 0 aliphatic heterocycles. The monoisotopic (exact) mass is 232 g/mol. The quantitative estimate of drug-likeness (QED) is 0.418. The van der Waals surface area contributed by atoms with Crippen LogP contribution in [-0.4, -0.2) is 23.2 Å². The van der Waals surface area contributed by atoms with E-state index < -0.39 is 0 Å². The Kier molecular flexibility index (Phi) is 410. The average molecular weight is 233 g/mol. The second-order valence-electron chi connectivity index (χ2n) is 0.183. The molecule has 0 spiro atoms. The van der Waals surface area contributed by atoms with Crippen LogP contribution in [0.25, 0.3) is 0 Å². The van der Waals surface area contributed by atoms with Gasteiger partial charge in [-0.25, -0.2) is 0 Å². The Bertz CT molecular complexity index is 33.9. The molecular formula is C2H2Cu2O5. The van der Waals surface area contributed by atoms with Crippen molar-refractivity contribution >= 4 is 12.9 Å². The summed E-state index contributed by atoms with van der Waals surface area (Å²) >= 11 is 0. The summed E-state index contributed by atoms with van der Waals surface area (Å²) in [6.45, 7) is 1.00. The molecule has 0 aliphatic rings. The minimum atomic E-state index is 0. The first-order valence-corrected chi connectivity index (χ1v) is 0.855. The molecule has 2 N–H and O–H groups in total. The van der Waals surface area contributed by atoms with Crippen LogP contribution < -0.4 is 0 Å². The molecule has 0 aromatic carbocycles. The molecule has 0 aliphatic carbocycles. The summed E-state index contributed by atoms with van der Waals surface area (Å²) in [5.41, 5.74) is 0. The van der Waals surface area contributed by atoms with E-state index in [0.717, 1.165) is 0 Å². The summed E-state index contributed by atoms with van der Waals surface area (Å²) in [5, 5.41) is 13.5. The van der Waals surface area contributed by atoms with Gasteiger partial charge in [0.15, 0.2) is 0 Å². The Morgan fingerprint density at radius 2 is 0.889 bits per heavy atom. The van der Waals surface area contributed by atoms with Crippen molar-refractivity contribution < 1.29 is 59.4 Å². The maximum absolute atomic E-state index is 8.24. The fourth-order valence-electron chi connectivity index (χ4n) is 0. The van der Waals surface area contributed by atoms with Crippen molar-refractivity contribution in [3.05, 3.63) is 0 Å². The maximum atomic E-state index is 8.24. The van der Waals surface area contributed by atoms with Gasteiger partial charge in [-0.05, 0) is 0 Å². The predicted molar refractivity (Wildman–Crippen MR) is 17.3 cm³/mol. The topological polar surface area (TPSA) is 103 Å². The van der Waals surface area contributed by atoms with E-state index in [1.165, 1.54) is 0 Å². The molecule has 0 atom stereocenters. The molecule has 0 saturated carbocycles. The van der Waals surface area contributed by atoms with Gasteiger partial charge in [-0.2, -0.15) is 0 Å². The summed E-state index contributed by atoms with van der Waals surface area (Å²) in [7, 11) is 0. The third-order valence-electron chi connectivity index (χ3n) is 0. The minimum Gasteiger partial charge on any atom is -2.00 e. The van der Waals surface area contributed by atoms with Crippen LogP contribution in [0, 0.1) is 0 Å². The zero-order chi connectivity index (χ0) is 5.41. The van der Waals surface area contributed by atoms with Crippen LogP contribution >= 0.6 is 0 Å². The molecule has 9 heavy (non-hydrogen) atoms. The number of hydrogen-bond donors (Lipinski definition) is 2. The maximum Gasteiger partial charge on any atom is 2.00 e.